The molecule has 16 heteroatoms. The van der Waals surface area contributed by atoms with Crippen molar-refractivity contribution in [2.24, 2.45) is 28.4 Å². The molecular formula is C32H43FN4O11. The lowest BCUT2D eigenvalue weighted by molar-refractivity contribution is -0.246. The van der Waals surface area contributed by atoms with E-state index in [1.807, 2.05) is 6.92 Å². The first-order valence-electron chi connectivity index (χ1n) is 16.1. The molecule has 1 aromatic heterocycles. The molecule has 3 heterocycles. The van der Waals surface area contributed by atoms with Gasteiger partial charge in [0.1, 0.15) is 31.2 Å². The summed E-state index contributed by atoms with van der Waals surface area (Å²) in [6, 6.07) is 0. The molecule has 48 heavy (non-hydrogen) atoms. The van der Waals surface area contributed by atoms with E-state index in [1.54, 1.807) is 26.8 Å². The van der Waals surface area contributed by atoms with Crippen LogP contribution >= 0.6 is 0 Å². The minimum Gasteiger partial charge on any atom is -0.394 e. The van der Waals surface area contributed by atoms with Gasteiger partial charge in [-0.25, -0.2) is 14.1 Å². The average Bonchev–Trinajstić information content (AvgIpc) is 3.75. The first-order valence-corrected chi connectivity index (χ1v) is 16.1. The van der Waals surface area contributed by atoms with Crippen LogP contribution in [0.4, 0.5) is 4.39 Å². The molecular weight excluding hydrogens is 635 g/mol. The molecule has 7 rings (SSSR count). The van der Waals surface area contributed by atoms with Crippen molar-refractivity contribution in [3.05, 3.63) is 36.0 Å². The lowest BCUT2D eigenvalue weighted by Crippen LogP contribution is -2.70. The number of ketones is 2. The molecule has 15 nitrogen and oxygen atoms in total. The molecule has 0 aromatic carbocycles. The number of amides is 1. The summed E-state index contributed by atoms with van der Waals surface area (Å²) in [6.07, 6.45) is 0.735. The molecule has 0 unspecified atom stereocenters. The van der Waals surface area contributed by atoms with Gasteiger partial charge in [-0.1, -0.05) is 18.6 Å². The van der Waals surface area contributed by atoms with E-state index in [0.717, 1.165) is 16.6 Å². The third-order valence-electron chi connectivity index (χ3n) is 11.7. The van der Waals surface area contributed by atoms with E-state index in [1.165, 1.54) is 12.2 Å². The third kappa shape index (κ3) is 4.71. The van der Waals surface area contributed by atoms with Gasteiger partial charge >= 0.3 is 0 Å². The highest BCUT2D eigenvalue weighted by Crippen LogP contribution is 2.72. The summed E-state index contributed by atoms with van der Waals surface area (Å²) in [5.74, 6) is -3.49. The van der Waals surface area contributed by atoms with Crippen LogP contribution in [0.2, 0.25) is 0 Å². The number of aliphatic hydroxyl groups excluding tert-OH is 5. The van der Waals surface area contributed by atoms with Crippen molar-refractivity contribution in [2.45, 2.75) is 107 Å². The van der Waals surface area contributed by atoms with Gasteiger partial charge in [-0.2, -0.15) is 0 Å². The predicted molar refractivity (Wildman–Crippen MR) is 160 cm³/mol. The SMILES string of the molecule is CC1(C)O[C@@H]2C[C@H]3[C@@H]4CCC5=CC(=O)C=C[C@]5(C)[C@@]4(F)[C@@H](O)C[C@]3(C)[C@]2(C(=O)CO)O1.NC(=O)c1ncn([C@@H]2O[C@H](CO)[C@@H](O)[C@H]2O)n1. The monoisotopic (exact) mass is 678 g/mol. The number of nitrogens with two attached hydrogens (primary N) is 1. The number of nitrogens with zero attached hydrogens (tertiary/aromatic N) is 3. The molecule has 0 spiro atoms. The van der Waals surface area contributed by atoms with Gasteiger partial charge in [-0.15, -0.1) is 5.10 Å². The normalized spacial score (nSPS) is 45.3. The van der Waals surface area contributed by atoms with E-state index in [-0.39, 0.29) is 23.9 Å². The molecule has 0 radical (unpaired) electrons. The number of aliphatic hydroxyl groups is 5. The molecule has 2 saturated heterocycles. The van der Waals surface area contributed by atoms with Crippen molar-refractivity contribution < 1.29 is 58.5 Å². The molecule has 12 atom stereocenters. The number of rotatable bonds is 5. The first kappa shape index (κ1) is 34.9. The van der Waals surface area contributed by atoms with Crippen molar-refractivity contribution in [1.29, 1.82) is 0 Å². The maximum atomic E-state index is 17.1. The van der Waals surface area contributed by atoms with E-state index in [9.17, 15) is 34.8 Å². The van der Waals surface area contributed by atoms with Gasteiger partial charge in [0, 0.05) is 16.7 Å². The van der Waals surface area contributed by atoms with Gasteiger partial charge in [0.05, 0.1) is 18.8 Å². The van der Waals surface area contributed by atoms with Crippen molar-refractivity contribution in [3.63, 3.8) is 0 Å². The van der Waals surface area contributed by atoms with E-state index in [4.69, 9.17) is 25.1 Å². The second-order valence-electron chi connectivity index (χ2n) is 14.6. The second-order valence-corrected chi connectivity index (χ2v) is 14.6. The molecule has 264 valence electrons. The summed E-state index contributed by atoms with van der Waals surface area (Å²) < 4.78 is 35.8. The van der Waals surface area contributed by atoms with Gasteiger partial charge in [0.2, 0.25) is 5.82 Å². The van der Waals surface area contributed by atoms with Crippen LogP contribution in [0.1, 0.15) is 70.2 Å². The number of carbonyl (C=O) groups is 3. The van der Waals surface area contributed by atoms with E-state index < -0.39 is 95.5 Å². The first-order chi connectivity index (χ1) is 22.4. The number of hydrogen-bond donors (Lipinski definition) is 6. The molecule has 1 aromatic rings. The van der Waals surface area contributed by atoms with Crippen molar-refractivity contribution in [3.8, 4) is 0 Å². The predicted octanol–water partition coefficient (Wildman–Crippen LogP) is -0.593. The number of hydrogen-bond acceptors (Lipinski definition) is 13. The van der Waals surface area contributed by atoms with Crippen LogP contribution in [0.5, 0.6) is 0 Å². The highest BCUT2D eigenvalue weighted by atomic mass is 19.1. The Hall–Kier alpha value is -2.96. The average molecular weight is 679 g/mol. The van der Waals surface area contributed by atoms with E-state index in [2.05, 4.69) is 10.1 Å². The van der Waals surface area contributed by atoms with Gasteiger partial charge < -0.3 is 45.5 Å². The zero-order chi connectivity index (χ0) is 35.2. The van der Waals surface area contributed by atoms with Crippen LogP contribution in [0.3, 0.4) is 0 Å². The summed E-state index contributed by atoms with van der Waals surface area (Å²) in [6.45, 7) is 5.98. The largest absolute Gasteiger partial charge is 0.394 e. The number of alkyl halides is 1. The molecule has 3 saturated carbocycles. The van der Waals surface area contributed by atoms with Gasteiger partial charge in [-0.3, -0.25) is 14.4 Å². The number of halogens is 1. The second kappa shape index (κ2) is 11.6. The van der Waals surface area contributed by atoms with Crippen molar-refractivity contribution in [2.75, 3.05) is 13.2 Å². The highest BCUT2D eigenvalue weighted by Gasteiger charge is 2.80. The molecule has 0 bridgehead atoms. The Labute approximate surface area is 275 Å². The minimum atomic E-state index is -1.98. The van der Waals surface area contributed by atoms with Crippen LogP contribution in [-0.2, 0) is 23.8 Å². The Bertz CT molecular complexity index is 1570. The fourth-order valence-corrected chi connectivity index (χ4v) is 9.54. The Kier molecular flexibility index (Phi) is 8.40. The van der Waals surface area contributed by atoms with Crippen LogP contribution in [-0.4, -0.2) is 119 Å². The number of carbonyl (C=O) groups excluding carboxylic acids is 3. The number of ether oxygens (including phenoxy) is 3. The number of Topliss-reactive ketones (excluding diaryl/α,β-unsaturated/α-hetero) is 1. The zero-order valence-corrected chi connectivity index (χ0v) is 27.2. The summed E-state index contributed by atoms with van der Waals surface area (Å²) >= 11 is 0. The molecule has 4 aliphatic carbocycles. The van der Waals surface area contributed by atoms with Crippen molar-refractivity contribution in [1.82, 2.24) is 14.8 Å². The van der Waals surface area contributed by atoms with Crippen LogP contribution < -0.4 is 5.73 Å². The topological polar surface area (TPSA) is 237 Å². The van der Waals surface area contributed by atoms with E-state index in [0.29, 0.717) is 19.3 Å². The maximum Gasteiger partial charge on any atom is 0.288 e. The van der Waals surface area contributed by atoms with Gasteiger partial charge in [0.15, 0.2) is 34.9 Å². The quantitative estimate of drug-likeness (QED) is 0.229. The Morgan fingerprint density at radius 2 is 1.83 bits per heavy atom. The summed E-state index contributed by atoms with van der Waals surface area (Å²) in [4.78, 5) is 39.5. The lowest BCUT2D eigenvalue weighted by Gasteiger charge is -2.62. The molecule has 7 N–H and O–H groups in total. The number of aromatic nitrogens is 3. The highest BCUT2D eigenvalue weighted by molar-refractivity contribution is 6.01. The Morgan fingerprint density at radius 3 is 2.44 bits per heavy atom. The summed E-state index contributed by atoms with van der Waals surface area (Å²) in [5.41, 5.74) is 0.311. The van der Waals surface area contributed by atoms with Crippen LogP contribution in [0, 0.1) is 22.7 Å². The molecule has 6 aliphatic rings. The molecule has 2 aliphatic heterocycles. The summed E-state index contributed by atoms with van der Waals surface area (Å²) in [7, 11) is 0. The third-order valence-corrected chi connectivity index (χ3v) is 11.7. The van der Waals surface area contributed by atoms with Gasteiger partial charge in [-0.05, 0) is 64.5 Å². The standard InChI is InChI=1S/C24H31FO6.C8H12N4O5/c1-20(2)30-19-10-16-15-6-5-13-9-14(27)7-8-21(13,3)23(15,25)17(28)11-22(16,4)24(19,31-20)18(29)12-26;9-6(16)7-10-2-12(11-7)8-5(15)4(14)3(1-13)17-8/h7-9,15-17,19,26,28H,5-6,10-12H2,1-4H3;2-5,8,13-15H,1H2,(H2,9,16)/t15-,16-,17-,19+,21-,22-,23-,24+;3-,4-,5-,8-/m01/s1. The molecule has 1 amide bonds. The Balaban J connectivity index is 0.000000200. The zero-order valence-electron chi connectivity index (χ0n) is 27.2. The fraction of sp³-hybridized carbons (Fsp3) is 0.719. The number of fused-ring (bicyclic) bond motifs is 7. The van der Waals surface area contributed by atoms with Crippen LogP contribution in [0.25, 0.3) is 0 Å². The minimum absolute atomic E-state index is 0.0109. The van der Waals surface area contributed by atoms with Crippen molar-refractivity contribution >= 4 is 17.5 Å². The number of primary amides is 1. The maximum absolute atomic E-state index is 17.1. The van der Waals surface area contributed by atoms with E-state index >= 15 is 4.39 Å². The van der Waals surface area contributed by atoms with Gasteiger partial charge in [0.25, 0.3) is 5.91 Å². The Morgan fingerprint density at radius 1 is 1.12 bits per heavy atom. The fourth-order valence-electron chi connectivity index (χ4n) is 9.54. The summed E-state index contributed by atoms with van der Waals surface area (Å²) in [5, 5.41) is 53.0. The molecule has 5 fully saturated rings. The number of allylic oxidation sites excluding steroid dienone is 4. The lowest BCUT2D eigenvalue weighted by atomic mass is 9.44. The smallest absolute Gasteiger partial charge is 0.288 e. The van der Waals surface area contributed by atoms with Crippen LogP contribution in [0.15, 0.2) is 30.1 Å².